The average molecular weight is 250 g/mol. The van der Waals surface area contributed by atoms with Gasteiger partial charge in [0.2, 0.25) is 0 Å². The highest BCUT2D eigenvalue weighted by Gasteiger charge is 2.25. The Kier molecular flexibility index (Phi) is 3.62. The number of hydrogen-bond donors (Lipinski definition) is 1. The Morgan fingerprint density at radius 2 is 2.29 bits per heavy atom. The summed E-state index contributed by atoms with van der Waals surface area (Å²) in [6.45, 7) is 4.84. The molecule has 1 unspecified atom stereocenters. The van der Waals surface area contributed by atoms with E-state index in [4.69, 9.17) is 5.73 Å². The Labute approximate surface area is 106 Å². The number of carbonyl (C=O) groups excluding carboxylic acids is 1. The molecule has 1 fully saturated rings. The van der Waals surface area contributed by atoms with Crippen LogP contribution in [0.3, 0.4) is 0 Å². The average Bonchev–Trinajstić information content (AvgIpc) is 2.32. The Bertz CT molecular complexity index is 433. The number of nitrogens with zero attached hydrogens (tertiary/aromatic N) is 1. The fourth-order valence-electron chi connectivity index (χ4n) is 2.05. The summed E-state index contributed by atoms with van der Waals surface area (Å²) in [5.41, 5.74) is 8.21. The van der Waals surface area contributed by atoms with Crippen molar-refractivity contribution in [1.29, 1.82) is 0 Å². The molecule has 1 saturated heterocycles. The van der Waals surface area contributed by atoms with E-state index in [1.807, 2.05) is 41.8 Å². The van der Waals surface area contributed by atoms with Crippen LogP contribution in [0.1, 0.15) is 22.8 Å². The monoisotopic (exact) mass is 250 g/mol. The van der Waals surface area contributed by atoms with Crippen LogP contribution in [0.25, 0.3) is 0 Å². The van der Waals surface area contributed by atoms with Crippen molar-refractivity contribution in [3.05, 3.63) is 29.3 Å². The van der Waals surface area contributed by atoms with Gasteiger partial charge in [0.15, 0.2) is 0 Å². The molecule has 1 amide bonds. The standard InChI is InChI=1S/C13H18N2OS/c1-9-4-3-5-11(12(9)14)13(16)15-6-7-17-8-10(15)2/h3-5,10H,6-8,14H2,1-2H3. The van der Waals surface area contributed by atoms with Crippen molar-refractivity contribution < 1.29 is 4.79 Å². The molecule has 0 radical (unpaired) electrons. The van der Waals surface area contributed by atoms with Crippen LogP contribution in [0.5, 0.6) is 0 Å². The van der Waals surface area contributed by atoms with Crippen molar-refractivity contribution in [2.75, 3.05) is 23.8 Å². The molecule has 0 aliphatic carbocycles. The van der Waals surface area contributed by atoms with Gasteiger partial charge in [0.1, 0.15) is 0 Å². The van der Waals surface area contributed by atoms with Crippen LogP contribution in [0.2, 0.25) is 0 Å². The molecule has 0 aromatic heterocycles. The van der Waals surface area contributed by atoms with Crippen molar-refractivity contribution in [3.63, 3.8) is 0 Å². The molecular formula is C13H18N2OS. The fraction of sp³-hybridized carbons (Fsp3) is 0.462. The lowest BCUT2D eigenvalue weighted by atomic mass is 10.1. The first-order chi connectivity index (χ1) is 8.11. The number of carbonyl (C=O) groups is 1. The third kappa shape index (κ3) is 2.41. The van der Waals surface area contributed by atoms with E-state index in [-0.39, 0.29) is 5.91 Å². The third-order valence-electron chi connectivity index (χ3n) is 3.18. The number of para-hydroxylation sites is 1. The number of amides is 1. The van der Waals surface area contributed by atoms with Crippen LogP contribution in [0, 0.1) is 6.92 Å². The van der Waals surface area contributed by atoms with Gasteiger partial charge in [-0.25, -0.2) is 0 Å². The Morgan fingerprint density at radius 3 is 3.00 bits per heavy atom. The summed E-state index contributed by atoms with van der Waals surface area (Å²) in [5.74, 6) is 2.10. The van der Waals surface area contributed by atoms with E-state index in [9.17, 15) is 4.79 Å². The van der Waals surface area contributed by atoms with Crippen molar-refractivity contribution in [2.45, 2.75) is 19.9 Å². The molecule has 0 spiro atoms. The minimum atomic E-state index is 0.0685. The first kappa shape index (κ1) is 12.3. The number of rotatable bonds is 1. The normalized spacial score (nSPS) is 20.4. The quantitative estimate of drug-likeness (QED) is 0.777. The van der Waals surface area contributed by atoms with Gasteiger partial charge in [-0.1, -0.05) is 12.1 Å². The summed E-state index contributed by atoms with van der Waals surface area (Å²) in [7, 11) is 0. The summed E-state index contributed by atoms with van der Waals surface area (Å²) in [5, 5.41) is 0. The predicted octanol–water partition coefficient (Wildman–Crippen LogP) is 2.15. The second-order valence-corrected chi connectivity index (χ2v) is 5.61. The molecule has 17 heavy (non-hydrogen) atoms. The number of anilines is 1. The van der Waals surface area contributed by atoms with E-state index >= 15 is 0 Å². The molecule has 1 aromatic carbocycles. The van der Waals surface area contributed by atoms with Gasteiger partial charge < -0.3 is 10.6 Å². The summed E-state index contributed by atoms with van der Waals surface area (Å²) in [4.78, 5) is 14.4. The zero-order valence-electron chi connectivity index (χ0n) is 10.3. The maximum atomic E-state index is 12.4. The van der Waals surface area contributed by atoms with Crippen LogP contribution in [-0.2, 0) is 0 Å². The first-order valence-electron chi connectivity index (χ1n) is 5.85. The van der Waals surface area contributed by atoms with E-state index in [0.717, 1.165) is 23.6 Å². The van der Waals surface area contributed by atoms with Gasteiger partial charge in [-0.3, -0.25) is 4.79 Å². The molecule has 92 valence electrons. The number of thioether (sulfide) groups is 1. The second-order valence-electron chi connectivity index (χ2n) is 4.46. The zero-order chi connectivity index (χ0) is 12.4. The van der Waals surface area contributed by atoms with E-state index in [2.05, 4.69) is 6.92 Å². The minimum Gasteiger partial charge on any atom is -0.398 e. The molecule has 4 heteroatoms. The molecule has 1 atom stereocenters. The maximum Gasteiger partial charge on any atom is 0.256 e. The van der Waals surface area contributed by atoms with Gasteiger partial charge in [0.25, 0.3) is 5.91 Å². The number of hydrogen-bond acceptors (Lipinski definition) is 3. The fourth-order valence-corrected chi connectivity index (χ4v) is 3.06. The van der Waals surface area contributed by atoms with E-state index in [1.54, 1.807) is 0 Å². The highest BCUT2D eigenvalue weighted by Crippen LogP contribution is 2.23. The molecule has 2 rings (SSSR count). The number of nitrogens with two attached hydrogens (primary N) is 1. The van der Waals surface area contributed by atoms with Crippen LogP contribution in [0.15, 0.2) is 18.2 Å². The van der Waals surface area contributed by atoms with Crippen molar-refractivity contribution in [1.82, 2.24) is 4.90 Å². The highest BCUT2D eigenvalue weighted by atomic mass is 32.2. The van der Waals surface area contributed by atoms with Crippen LogP contribution in [-0.4, -0.2) is 34.9 Å². The summed E-state index contributed by atoms with van der Waals surface area (Å²) in [6.07, 6.45) is 0. The van der Waals surface area contributed by atoms with Crippen molar-refractivity contribution in [3.8, 4) is 0 Å². The molecule has 1 aliphatic rings. The third-order valence-corrected chi connectivity index (χ3v) is 4.37. The Morgan fingerprint density at radius 1 is 1.53 bits per heavy atom. The minimum absolute atomic E-state index is 0.0685. The lowest BCUT2D eigenvalue weighted by Gasteiger charge is -2.33. The molecular weight excluding hydrogens is 232 g/mol. The Hall–Kier alpha value is -1.16. The van der Waals surface area contributed by atoms with E-state index in [0.29, 0.717) is 17.3 Å². The topological polar surface area (TPSA) is 46.3 Å². The molecule has 0 saturated carbocycles. The molecule has 1 heterocycles. The van der Waals surface area contributed by atoms with Crippen molar-refractivity contribution in [2.24, 2.45) is 0 Å². The van der Waals surface area contributed by atoms with Crippen molar-refractivity contribution >= 4 is 23.4 Å². The highest BCUT2D eigenvalue weighted by molar-refractivity contribution is 7.99. The number of nitrogen functional groups attached to an aromatic ring is 1. The van der Waals surface area contributed by atoms with Gasteiger partial charge >= 0.3 is 0 Å². The maximum absolute atomic E-state index is 12.4. The van der Waals surface area contributed by atoms with Gasteiger partial charge in [-0.2, -0.15) is 11.8 Å². The van der Waals surface area contributed by atoms with E-state index in [1.165, 1.54) is 0 Å². The van der Waals surface area contributed by atoms with Gasteiger partial charge in [0, 0.05) is 29.8 Å². The molecule has 3 nitrogen and oxygen atoms in total. The lowest BCUT2D eigenvalue weighted by molar-refractivity contribution is 0.0717. The lowest BCUT2D eigenvalue weighted by Crippen LogP contribution is -2.44. The summed E-state index contributed by atoms with van der Waals surface area (Å²) >= 11 is 1.90. The zero-order valence-corrected chi connectivity index (χ0v) is 11.1. The molecule has 0 bridgehead atoms. The smallest absolute Gasteiger partial charge is 0.256 e. The van der Waals surface area contributed by atoms with Crippen LogP contribution < -0.4 is 5.73 Å². The SMILES string of the molecule is Cc1cccc(C(=O)N2CCSCC2C)c1N. The number of aryl methyl sites for hydroxylation is 1. The summed E-state index contributed by atoms with van der Waals surface area (Å²) < 4.78 is 0. The largest absolute Gasteiger partial charge is 0.398 e. The van der Waals surface area contributed by atoms with Gasteiger partial charge in [-0.15, -0.1) is 0 Å². The summed E-state index contributed by atoms with van der Waals surface area (Å²) in [6, 6.07) is 5.93. The van der Waals surface area contributed by atoms with Gasteiger partial charge in [-0.05, 0) is 25.5 Å². The predicted molar refractivity (Wildman–Crippen MR) is 73.4 cm³/mol. The van der Waals surface area contributed by atoms with Crippen LogP contribution >= 0.6 is 11.8 Å². The molecule has 2 N–H and O–H groups in total. The molecule has 1 aliphatic heterocycles. The van der Waals surface area contributed by atoms with E-state index < -0.39 is 0 Å². The Balaban J connectivity index is 2.27. The van der Waals surface area contributed by atoms with Crippen LogP contribution in [0.4, 0.5) is 5.69 Å². The number of benzene rings is 1. The van der Waals surface area contributed by atoms with Gasteiger partial charge in [0.05, 0.1) is 5.56 Å². The second kappa shape index (κ2) is 5.00. The first-order valence-corrected chi connectivity index (χ1v) is 7.00. The molecule has 1 aromatic rings.